The predicted molar refractivity (Wildman–Crippen MR) is 73.7 cm³/mol. The van der Waals surface area contributed by atoms with Crippen LogP contribution < -0.4 is 5.32 Å². The largest absolute Gasteiger partial charge is 0.480 e. The number of carboxylic acid groups (broad SMARTS) is 1. The standard InChI is InChI=1S/C13H13ClN2O3/c14-9-1-2-10-11(3-4-15-12(10)7-9)16-5-6-19-8-13(17)18/h1-4,7H,5-6,8H2,(H,15,16)(H,17,18). The third kappa shape index (κ3) is 3.81. The number of fused-ring (bicyclic) bond motifs is 1. The monoisotopic (exact) mass is 280 g/mol. The fourth-order valence-electron chi connectivity index (χ4n) is 1.69. The first-order valence-corrected chi connectivity index (χ1v) is 6.12. The molecule has 6 heteroatoms. The van der Waals surface area contributed by atoms with Gasteiger partial charge in [0, 0.05) is 28.8 Å². The predicted octanol–water partition coefficient (Wildman–Crippen LogP) is 2.40. The molecule has 0 aliphatic rings. The summed E-state index contributed by atoms with van der Waals surface area (Å²) in [5, 5.41) is 13.2. The van der Waals surface area contributed by atoms with Gasteiger partial charge >= 0.3 is 5.97 Å². The van der Waals surface area contributed by atoms with Crippen molar-refractivity contribution in [3.63, 3.8) is 0 Å². The van der Waals surface area contributed by atoms with Gasteiger partial charge in [-0.25, -0.2) is 4.79 Å². The number of carbonyl (C=O) groups is 1. The summed E-state index contributed by atoms with van der Waals surface area (Å²) in [5.41, 5.74) is 1.73. The lowest BCUT2D eigenvalue weighted by atomic mass is 10.2. The molecule has 0 bridgehead atoms. The molecular weight excluding hydrogens is 268 g/mol. The van der Waals surface area contributed by atoms with Gasteiger partial charge in [-0.15, -0.1) is 0 Å². The summed E-state index contributed by atoms with van der Waals surface area (Å²) >= 11 is 5.91. The number of aromatic nitrogens is 1. The minimum atomic E-state index is -0.969. The molecule has 0 atom stereocenters. The number of benzene rings is 1. The quantitative estimate of drug-likeness (QED) is 0.795. The zero-order valence-electron chi connectivity index (χ0n) is 10.1. The number of hydrogen-bond donors (Lipinski definition) is 2. The Morgan fingerprint density at radius 2 is 2.26 bits per heavy atom. The third-order valence-corrected chi connectivity index (χ3v) is 2.73. The highest BCUT2D eigenvalue weighted by atomic mass is 35.5. The van der Waals surface area contributed by atoms with Crippen molar-refractivity contribution in [2.45, 2.75) is 0 Å². The molecule has 0 fully saturated rings. The van der Waals surface area contributed by atoms with Crippen molar-refractivity contribution in [1.82, 2.24) is 4.98 Å². The first-order chi connectivity index (χ1) is 9.16. The second-order valence-electron chi connectivity index (χ2n) is 3.89. The van der Waals surface area contributed by atoms with Crippen LogP contribution in [-0.2, 0) is 9.53 Å². The Balaban J connectivity index is 1.99. The number of anilines is 1. The van der Waals surface area contributed by atoms with Gasteiger partial charge < -0.3 is 15.2 Å². The van der Waals surface area contributed by atoms with Crippen molar-refractivity contribution in [2.24, 2.45) is 0 Å². The summed E-state index contributed by atoms with van der Waals surface area (Å²) in [6.45, 7) is 0.563. The SMILES string of the molecule is O=C(O)COCCNc1ccnc2cc(Cl)ccc12. The molecule has 2 aromatic rings. The van der Waals surface area contributed by atoms with Crippen molar-refractivity contribution in [3.8, 4) is 0 Å². The van der Waals surface area contributed by atoms with E-state index in [2.05, 4.69) is 10.3 Å². The number of carboxylic acids is 1. The first-order valence-electron chi connectivity index (χ1n) is 5.74. The molecule has 0 aliphatic carbocycles. The van der Waals surface area contributed by atoms with Gasteiger partial charge in [0.25, 0.3) is 0 Å². The molecule has 0 saturated heterocycles. The van der Waals surface area contributed by atoms with Gasteiger partial charge in [0.05, 0.1) is 12.1 Å². The number of nitrogens with one attached hydrogen (secondary N) is 1. The van der Waals surface area contributed by atoms with E-state index in [4.69, 9.17) is 21.4 Å². The highest BCUT2D eigenvalue weighted by Crippen LogP contribution is 2.23. The van der Waals surface area contributed by atoms with E-state index in [1.807, 2.05) is 12.1 Å². The lowest BCUT2D eigenvalue weighted by molar-refractivity contribution is -0.142. The fourth-order valence-corrected chi connectivity index (χ4v) is 1.86. The molecule has 0 spiro atoms. The molecule has 0 unspecified atom stereocenters. The molecule has 0 radical (unpaired) electrons. The van der Waals surface area contributed by atoms with E-state index in [0.717, 1.165) is 16.6 Å². The van der Waals surface area contributed by atoms with Gasteiger partial charge in [-0.05, 0) is 24.3 Å². The average molecular weight is 281 g/mol. The first kappa shape index (κ1) is 13.6. The van der Waals surface area contributed by atoms with E-state index in [9.17, 15) is 4.79 Å². The normalized spacial score (nSPS) is 10.6. The van der Waals surface area contributed by atoms with Crippen LogP contribution in [-0.4, -0.2) is 35.8 Å². The second-order valence-corrected chi connectivity index (χ2v) is 4.33. The molecule has 1 aromatic carbocycles. The van der Waals surface area contributed by atoms with Gasteiger partial charge in [-0.2, -0.15) is 0 Å². The Hall–Kier alpha value is -1.85. The molecule has 0 amide bonds. The maximum Gasteiger partial charge on any atom is 0.329 e. The summed E-state index contributed by atoms with van der Waals surface area (Å²) in [6, 6.07) is 7.35. The molecule has 1 aromatic heterocycles. The van der Waals surface area contributed by atoms with Gasteiger partial charge in [-0.3, -0.25) is 4.98 Å². The van der Waals surface area contributed by atoms with Crippen molar-refractivity contribution in [2.75, 3.05) is 25.1 Å². The van der Waals surface area contributed by atoms with Gasteiger partial charge in [0.2, 0.25) is 0 Å². The van der Waals surface area contributed by atoms with Gasteiger partial charge in [0.15, 0.2) is 0 Å². The topological polar surface area (TPSA) is 71.5 Å². The summed E-state index contributed by atoms with van der Waals surface area (Å²) in [5.74, 6) is -0.969. The van der Waals surface area contributed by atoms with E-state index in [1.54, 1.807) is 18.3 Å². The summed E-state index contributed by atoms with van der Waals surface area (Å²) in [7, 11) is 0. The molecule has 19 heavy (non-hydrogen) atoms. The molecule has 2 N–H and O–H groups in total. The number of pyridine rings is 1. The minimum absolute atomic E-state index is 0.283. The summed E-state index contributed by atoms with van der Waals surface area (Å²) < 4.78 is 4.95. The Morgan fingerprint density at radius 3 is 3.05 bits per heavy atom. The zero-order valence-corrected chi connectivity index (χ0v) is 10.9. The number of hydrogen-bond acceptors (Lipinski definition) is 4. The molecule has 2 rings (SSSR count). The molecule has 0 aliphatic heterocycles. The van der Waals surface area contributed by atoms with Gasteiger partial charge in [-0.1, -0.05) is 11.6 Å². The average Bonchev–Trinajstić information content (AvgIpc) is 2.37. The van der Waals surface area contributed by atoms with Crippen LogP contribution in [0, 0.1) is 0 Å². The van der Waals surface area contributed by atoms with Crippen molar-refractivity contribution in [1.29, 1.82) is 0 Å². The van der Waals surface area contributed by atoms with Crippen LogP contribution in [0.15, 0.2) is 30.5 Å². The van der Waals surface area contributed by atoms with Crippen molar-refractivity contribution < 1.29 is 14.6 Å². The maximum atomic E-state index is 10.3. The minimum Gasteiger partial charge on any atom is -0.480 e. The van der Waals surface area contributed by atoms with Crippen molar-refractivity contribution >= 4 is 34.2 Å². The molecule has 1 heterocycles. The molecular formula is C13H13ClN2O3. The van der Waals surface area contributed by atoms with Crippen LogP contribution in [0.1, 0.15) is 0 Å². The van der Waals surface area contributed by atoms with Gasteiger partial charge in [0.1, 0.15) is 6.61 Å². The summed E-state index contributed by atoms with van der Waals surface area (Å²) in [4.78, 5) is 14.5. The number of ether oxygens (including phenoxy) is 1. The van der Waals surface area contributed by atoms with Crippen LogP contribution in [0.5, 0.6) is 0 Å². The zero-order chi connectivity index (χ0) is 13.7. The van der Waals surface area contributed by atoms with Crippen LogP contribution in [0.25, 0.3) is 10.9 Å². The highest BCUT2D eigenvalue weighted by molar-refractivity contribution is 6.31. The molecule has 5 nitrogen and oxygen atoms in total. The fraction of sp³-hybridized carbons (Fsp3) is 0.231. The Morgan fingerprint density at radius 1 is 1.42 bits per heavy atom. The van der Waals surface area contributed by atoms with Crippen molar-refractivity contribution in [3.05, 3.63) is 35.5 Å². The highest BCUT2D eigenvalue weighted by Gasteiger charge is 2.02. The van der Waals surface area contributed by atoms with E-state index >= 15 is 0 Å². The van der Waals surface area contributed by atoms with Crippen LogP contribution >= 0.6 is 11.6 Å². The number of rotatable bonds is 6. The van der Waals surface area contributed by atoms with Crippen LogP contribution in [0.2, 0.25) is 5.02 Å². The Labute approximate surface area is 115 Å². The van der Waals surface area contributed by atoms with Crippen LogP contribution in [0.3, 0.4) is 0 Å². The van der Waals surface area contributed by atoms with Crippen LogP contribution in [0.4, 0.5) is 5.69 Å². The number of halogens is 1. The Kier molecular flexibility index (Phi) is 4.54. The maximum absolute atomic E-state index is 10.3. The molecule has 0 saturated carbocycles. The lowest BCUT2D eigenvalue weighted by Gasteiger charge is -2.09. The number of nitrogens with zero attached hydrogens (tertiary/aromatic N) is 1. The summed E-state index contributed by atoms with van der Waals surface area (Å²) in [6.07, 6.45) is 1.69. The Bertz CT molecular complexity index is 589. The number of aliphatic carboxylic acids is 1. The third-order valence-electron chi connectivity index (χ3n) is 2.49. The lowest BCUT2D eigenvalue weighted by Crippen LogP contribution is -2.14. The van der Waals surface area contributed by atoms with E-state index in [-0.39, 0.29) is 6.61 Å². The van der Waals surface area contributed by atoms with E-state index in [0.29, 0.717) is 18.2 Å². The van der Waals surface area contributed by atoms with E-state index < -0.39 is 5.97 Å². The smallest absolute Gasteiger partial charge is 0.329 e. The van der Waals surface area contributed by atoms with E-state index in [1.165, 1.54) is 0 Å². The molecule has 100 valence electrons. The second kappa shape index (κ2) is 6.36.